The second kappa shape index (κ2) is 10.9. The third-order valence-corrected chi connectivity index (χ3v) is 11.6. The van der Waals surface area contributed by atoms with Crippen molar-refractivity contribution in [2.75, 3.05) is 0 Å². The van der Waals surface area contributed by atoms with E-state index < -0.39 is 0 Å². The lowest BCUT2D eigenvalue weighted by Gasteiger charge is -2.11. The molecule has 0 bridgehead atoms. The predicted octanol–water partition coefficient (Wildman–Crippen LogP) is 11.8. The molecule has 0 spiro atoms. The molecule has 0 unspecified atom stereocenters. The summed E-state index contributed by atoms with van der Waals surface area (Å²) in [6, 6.07) is 42.7. The molecule has 48 heavy (non-hydrogen) atoms. The Labute approximate surface area is 283 Å². The van der Waals surface area contributed by atoms with Crippen LogP contribution in [0.25, 0.3) is 96.1 Å². The molecule has 4 heterocycles. The summed E-state index contributed by atoms with van der Waals surface area (Å²) in [6.45, 7) is 0. The Morgan fingerprint density at radius 1 is 0.312 bits per heavy atom. The molecule has 0 aliphatic carbocycles. The van der Waals surface area contributed by atoms with E-state index in [0.29, 0.717) is 0 Å². The van der Waals surface area contributed by atoms with E-state index in [0.717, 1.165) is 55.8 Å². The molecule has 0 fully saturated rings. The number of thiophene rings is 2. The lowest BCUT2D eigenvalue weighted by atomic mass is 9.95. The number of hydrogen-bond acceptors (Lipinski definition) is 6. The van der Waals surface area contributed by atoms with E-state index in [1.165, 1.54) is 40.3 Å². The summed E-state index contributed by atoms with van der Waals surface area (Å²) in [4.78, 5) is 19.5. The van der Waals surface area contributed by atoms with Crippen molar-refractivity contribution in [2.24, 2.45) is 0 Å². The second-order valence-electron chi connectivity index (χ2n) is 11.9. The highest BCUT2D eigenvalue weighted by atomic mass is 32.1. The number of nitrogens with zero attached hydrogens (tertiary/aromatic N) is 4. The number of hydrogen-bond donors (Lipinski definition) is 0. The molecule has 224 valence electrons. The molecule has 0 aliphatic rings. The summed E-state index contributed by atoms with van der Waals surface area (Å²) in [7, 11) is 0. The van der Waals surface area contributed by atoms with Gasteiger partial charge in [0.05, 0.1) is 0 Å². The van der Waals surface area contributed by atoms with Crippen LogP contribution in [0, 0.1) is 0 Å². The second-order valence-corrected chi connectivity index (χ2v) is 14.0. The molecule has 4 aromatic heterocycles. The average Bonchev–Trinajstić information content (AvgIpc) is 3.73. The normalized spacial score (nSPS) is 11.8. The Balaban J connectivity index is 1.01. The van der Waals surface area contributed by atoms with Gasteiger partial charge < -0.3 is 0 Å². The zero-order chi connectivity index (χ0) is 31.6. The fraction of sp³-hybridized carbons (Fsp3) is 0. The monoisotopic (exact) mass is 648 g/mol. The van der Waals surface area contributed by atoms with Crippen LogP contribution in [0.1, 0.15) is 0 Å². The third-order valence-electron chi connectivity index (χ3n) is 9.14. The maximum absolute atomic E-state index is 4.88. The number of aromatic nitrogens is 4. The summed E-state index contributed by atoms with van der Waals surface area (Å²) in [5.41, 5.74) is 6.27. The molecule has 10 rings (SSSR count). The van der Waals surface area contributed by atoms with Crippen LogP contribution in [0.2, 0.25) is 0 Å². The molecular weight excluding hydrogens is 625 g/mol. The minimum atomic E-state index is 0.736. The standard InChI is InChI=1S/C42H24N4S2/c1-3-19-37-31(9-1)33-15-7-17-35(39(33)47-37)41-43-21-25(22-44-41)27-11-5-14-30-28(12-6-13-29(27)30)26-23-45-42(46-24-26)36-18-8-16-34-32-10-2-4-20-38(32)48-40(34)36/h1-24H. The lowest BCUT2D eigenvalue weighted by Crippen LogP contribution is -1.92. The molecule has 6 heteroatoms. The van der Waals surface area contributed by atoms with Gasteiger partial charge in [0.2, 0.25) is 0 Å². The number of rotatable bonds is 4. The quantitative estimate of drug-likeness (QED) is 0.191. The summed E-state index contributed by atoms with van der Waals surface area (Å²) in [5, 5.41) is 7.31. The van der Waals surface area contributed by atoms with Gasteiger partial charge in [0.1, 0.15) is 0 Å². The van der Waals surface area contributed by atoms with Gasteiger partial charge in [-0.1, -0.05) is 97.1 Å². The van der Waals surface area contributed by atoms with Crippen molar-refractivity contribution in [3.63, 3.8) is 0 Å². The maximum atomic E-state index is 4.88. The van der Waals surface area contributed by atoms with Crippen molar-refractivity contribution in [1.82, 2.24) is 19.9 Å². The van der Waals surface area contributed by atoms with E-state index in [-0.39, 0.29) is 0 Å². The molecule has 0 radical (unpaired) electrons. The molecule has 4 nitrogen and oxygen atoms in total. The maximum Gasteiger partial charge on any atom is 0.160 e. The van der Waals surface area contributed by atoms with E-state index in [2.05, 4.69) is 121 Å². The van der Waals surface area contributed by atoms with Gasteiger partial charge in [-0.15, -0.1) is 22.7 Å². The first kappa shape index (κ1) is 27.3. The van der Waals surface area contributed by atoms with Gasteiger partial charge in [0.25, 0.3) is 0 Å². The van der Waals surface area contributed by atoms with Crippen molar-refractivity contribution >= 4 is 73.8 Å². The Hall–Kier alpha value is -5.82. The van der Waals surface area contributed by atoms with Gasteiger partial charge in [0, 0.05) is 87.4 Å². The van der Waals surface area contributed by atoms with Crippen LogP contribution in [0.4, 0.5) is 0 Å². The lowest BCUT2D eigenvalue weighted by molar-refractivity contribution is 1.18. The van der Waals surface area contributed by atoms with Crippen molar-refractivity contribution in [1.29, 1.82) is 0 Å². The molecular formula is C42H24N4S2. The van der Waals surface area contributed by atoms with Crippen LogP contribution in [-0.2, 0) is 0 Å². The van der Waals surface area contributed by atoms with Crippen molar-refractivity contribution in [2.45, 2.75) is 0 Å². The highest BCUT2D eigenvalue weighted by molar-refractivity contribution is 7.26. The van der Waals surface area contributed by atoms with Crippen molar-refractivity contribution < 1.29 is 0 Å². The highest BCUT2D eigenvalue weighted by Crippen LogP contribution is 2.41. The SMILES string of the molecule is c1ccc2c(c1)sc1c(-c3ncc(-c4cccc5c(-c6cnc(-c7cccc8c7sc7ccccc78)nc6)cccc45)cn3)cccc12. The average molecular weight is 649 g/mol. The minimum absolute atomic E-state index is 0.736. The smallest absolute Gasteiger partial charge is 0.160 e. The van der Waals surface area contributed by atoms with Crippen LogP contribution in [0.3, 0.4) is 0 Å². The molecule has 0 amide bonds. The molecule has 0 N–H and O–H groups in total. The van der Waals surface area contributed by atoms with E-state index >= 15 is 0 Å². The largest absolute Gasteiger partial charge is 0.236 e. The zero-order valence-electron chi connectivity index (χ0n) is 25.5. The van der Waals surface area contributed by atoms with Gasteiger partial charge >= 0.3 is 0 Å². The number of benzene rings is 6. The van der Waals surface area contributed by atoms with Gasteiger partial charge in [-0.05, 0) is 46.2 Å². The first-order valence-corrected chi connectivity index (χ1v) is 17.4. The van der Waals surface area contributed by atoms with Crippen LogP contribution >= 0.6 is 22.7 Å². The zero-order valence-corrected chi connectivity index (χ0v) is 27.1. The highest BCUT2D eigenvalue weighted by Gasteiger charge is 2.15. The number of fused-ring (bicyclic) bond motifs is 7. The van der Waals surface area contributed by atoms with Crippen LogP contribution in [-0.4, -0.2) is 19.9 Å². The minimum Gasteiger partial charge on any atom is -0.236 e. The predicted molar refractivity (Wildman–Crippen MR) is 203 cm³/mol. The summed E-state index contributed by atoms with van der Waals surface area (Å²) in [6.07, 6.45) is 7.79. The van der Waals surface area contributed by atoms with Gasteiger partial charge in [-0.2, -0.15) is 0 Å². The Morgan fingerprint density at radius 2 is 0.667 bits per heavy atom. The summed E-state index contributed by atoms with van der Waals surface area (Å²) < 4.78 is 4.98. The summed E-state index contributed by atoms with van der Waals surface area (Å²) in [5.74, 6) is 1.47. The summed E-state index contributed by atoms with van der Waals surface area (Å²) >= 11 is 3.59. The molecule has 0 atom stereocenters. The van der Waals surface area contributed by atoms with E-state index in [9.17, 15) is 0 Å². The Morgan fingerprint density at radius 3 is 1.10 bits per heavy atom. The Kier molecular flexibility index (Phi) is 6.19. The van der Waals surface area contributed by atoms with Crippen LogP contribution in [0.5, 0.6) is 0 Å². The van der Waals surface area contributed by atoms with Crippen molar-refractivity contribution in [3.05, 3.63) is 146 Å². The van der Waals surface area contributed by atoms with Gasteiger partial charge in [0.15, 0.2) is 11.6 Å². The molecule has 6 aromatic carbocycles. The van der Waals surface area contributed by atoms with Gasteiger partial charge in [-0.25, -0.2) is 19.9 Å². The van der Waals surface area contributed by atoms with Crippen LogP contribution < -0.4 is 0 Å². The fourth-order valence-electron chi connectivity index (χ4n) is 6.87. The van der Waals surface area contributed by atoms with E-state index in [1.807, 2.05) is 24.8 Å². The molecule has 0 aliphatic heterocycles. The van der Waals surface area contributed by atoms with Gasteiger partial charge in [-0.3, -0.25) is 0 Å². The third kappa shape index (κ3) is 4.27. The van der Waals surface area contributed by atoms with E-state index in [4.69, 9.17) is 19.9 Å². The fourth-order valence-corrected chi connectivity index (χ4v) is 9.30. The van der Waals surface area contributed by atoms with E-state index in [1.54, 1.807) is 22.7 Å². The molecule has 0 saturated carbocycles. The van der Waals surface area contributed by atoms with Crippen molar-refractivity contribution in [3.8, 4) is 45.0 Å². The van der Waals surface area contributed by atoms with Crippen LogP contribution in [0.15, 0.2) is 146 Å². The Bertz CT molecular complexity index is 2640. The first-order chi connectivity index (χ1) is 23.8. The topological polar surface area (TPSA) is 51.6 Å². The first-order valence-electron chi connectivity index (χ1n) is 15.8. The molecule has 10 aromatic rings. The molecule has 0 saturated heterocycles.